The van der Waals surface area contributed by atoms with E-state index < -0.39 is 5.97 Å². The Morgan fingerprint density at radius 1 is 1.09 bits per heavy atom. The maximum absolute atomic E-state index is 11.4. The van der Waals surface area contributed by atoms with Gasteiger partial charge in [-0.25, -0.2) is 9.78 Å². The van der Waals surface area contributed by atoms with Gasteiger partial charge in [0.25, 0.3) is 0 Å². The summed E-state index contributed by atoms with van der Waals surface area (Å²) in [6.07, 6.45) is 0. The molecule has 6 nitrogen and oxygen atoms in total. The van der Waals surface area contributed by atoms with E-state index in [1.54, 1.807) is 10.5 Å². The molecule has 2 aromatic heterocycles. The monoisotopic (exact) mass is 308 g/mol. The lowest BCUT2D eigenvalue weighted by Crippen LogP contribution is -1.97. The van der Waals surface area contributed by atoms with E-state index in [-0.39, 0.29) is 11.5 Å². The molecule has 3 rings (SSSR count). The highest BCUT2D eigenvalue weighted by Crippen LogP contribution is 2.26. The fourth-order valence-corrected chi connectivity index (χ4v) is 2.59. The van der Waals surface area contributed by atoms with E-state index in [4.69, 9.17) is 0 Å². The number of pyridine rings is 1. The molecular weight excluding hydrogens is 292 g/mol. The van der Waals surface area contributed by atoms with Crippen LogP contribution in [0.25, 0.3) is 5.65 Å². The topological polar surface area (TPSA) is 79.3 Å². The molecule has 23 heavy (non-hydrogen) atoms. The minimum Gasteiger partial charge on any atom is -0.476 e. The third-order valence-electron chi connectivity index (χ3n) is 3.48. The minimum absolute atomic E-state index is 0.104. The molecule has 2 heterocycles. The molecule has 0 aliphatic carbocycles. The molecular formula is C17H16N4O2. The van der Waals surface area contributed by atoms with Crippen LogP contribution in [0.2, 0.25) is 0 Å². The van der Waals surface area contributed by atoms with Crippen molar-refractivity contribution in [2.75, 3.05) is 0 Å². The molecule has 0 amide bonds. The van der Waals surface area contributed by atoms with Crippen LogP contribution in [0.1, 0.15) is 27.3 Å². The van der Waals surface area contributed by atoms with Gasteiger partial charge in [-0.1, -0.05) is 12.1 Å². The molecule has 0 spiro atoms. The summed E-state index contributed by atoms with van der Waals surface area (Å²) >= 11 is 0. The molecule has 0 aliphatic rings. The van der Waals surface area contributed by atoms with Gasteiger partial charge >= 0.3 is 5.97 Å². The summed E-state index contributed by atoms with van der Waals surface area (Å²) < 4.78 is 1.69. The fourth-order valence-electron chi connectivity index (χ4n) is 2.59. The number of imidazole rings is 1. The summed E-state index contributed by atoms with van der Waals surface area (Å²) in [5.41, 5.74) is 4.11. The Morgan fingerprint density at radius 3 is 2.43 bits per heavy atom. The number of azo groups is 1. The summed E-state index contributed by atoms with van der Waals surface area (Å²) in [6.45, 7) is 5.83. The van der Waals surface area contributed by atoms with Gasteiger partial charge in [-0.05, 0) is 56.2 Å². The highest BCUT2D eigenvalue weighted by atomic mass is 16.4. The molecule has 1 aromatic carbocycles. The summed E-state index contributed by atoms with van der Waals surface area (Å²) in [5.74, 6) is -0.896. The lowest BCUT2D eigenvalue weighted by atomic mass is 10.1. The van der Waals surface area contributed by atoms with E-state index in [1.165, 1.54) is 0 Å². The van der Waals surface area contributed by atoms with Crippen molar-refractivity contribution in [3.05, 3.63) is 58.9 Å². The van der Waals surface area contributed by atoms with Gasteiger partial charge in [-0.2, -0.15) is 0 Å². The van der Waals surface area contributed by atoms with Crippen molar-refractivity contribution in [2.24, 2.45) is 10.2 Å². The van der Waals surface area contributed by atoms with Gasteiger partial charge in [-0.15, -0.1) is 10.2 Å². The third-order valence-corrected chi connectivity index (χ3v) is 3.48. The van der Waals surface area contributed by atoms with Gasteiger partial charge in [0.1, 0.15) is 5.65 Å². The van der Waals surface area contributed by atoms with Crippen LogP contribution in [-0.4, -0.2) is 20.5 Å². The van der Waals surface area contributed by atoms with E-state index in [2.05, 4.69) is 15.2 Å². The number of aryl methyl sites for hydroxylation is 3. The second kappa shape index (κ2) is 5.64. The molecule has 0 bridgehead atoms. The van der Waals surface area contributed by atoms with Crippen LogP contribution in [0.3, 0.4) is 0 Å². The zero-order valence-corrected chi connectivity index (χ0v) is 13.1. The second-order valence-corrected chi connectivity index (χ2v) is 5.50. The van der Waals surface area contributed by atoms with E-state index in [0.717, 1.165) is 16.8 Å². The normalized spacial score (nSPS) is 11.4. The number of rotatable bonds is 3. The molecule has 1 N–H and O–H groups in total. The molecule has 0 fully saturated rings. The predicted octanol–water partition coefficient (Wildman–Crippen LogP) is 4.37. The lowest BCUT2D eigenvalue weighted by molar-refractivity contribution is 0.0692. The van der Waals surface area contributed by atoms with E-state index in [0.29, 0.717) is 11.3 Å². The largest absolute Gasteiger partial charge is 0.476 e. The number of carbonyl (C=O) groups is 1. The van der Waals surface area contributed by atoms with Crippen LogP contribution in [0.4, 0.5) is 11.5 Å². The van der Waals surface area contributed by atoms with Gasteiger partial charge in [0.05, 0.1) is 5.69 Å². The smallest absolute Gasteiger partial charge is 0.358 e. The first kappa shape index (κ1) is 14.9. The predicted molar refractivity (Wildman–Crippen MR) is 87.0 cm³/mol. The minimum atomic E-state index is -1.12. The zero-order valence-electron chi connectivity index (χ0n) is 13.1. The van der Waals surface area contributed by atoms with Crippen LogP contribution < -0.4 is 0 Å². The summed E-state index contributed by atoms with van der Waals surface area (Å²) in [4.78, 5) is 15.6. The lowest BCUT2D eigenvalue weighted by Gasteiger charge is -2.02. The van der Waals surface area contributed by atoms with Gasteiger partial charge in [0.2, 0.25) is 0 Å². The molecule has 116 valence electrons. The summed E-state index contributed by atoms with van der Waals surface area (Å²) in [5, 5.41) is 17.7. The van der Waals surface area contributed by atoms with Gasteiger partial charge in [0.15, 0.2) is 11.5 Å². The molecule has 0 unspecified atom stereocenters. The first-order valence-corrected chi connectivity index (χ1v) is 7.17. The standard InChI is InChI=1S/C17H16N4O2/c1-10-7-11(2)9-13(8-10)19-20-16-15(17(22)23)18-14-6-4-5-12(3)21(14)16/h4-9H,1-3H3,(H,22,23). The number of benzene rings is 1. The van der Waals surface area contributed by atoms with Crippen molar-refractivity contribution in [3.63, 3.8) is 0 Å². The fraction of sp³-hybridized carbons (Fsp3) is 0.176. The number of aromatic carboxylic acids is 1. The molecule has 0 saturated carbocycles. The number of carboxylic acids is 1. The van der Waals surface area contributed by atoms with Crippen molar-refractivity contribution in [1.29, 1.82) is 0 Å². The number of fused-ring (bicyclic) bond motifs is 1. The number of carboxylic acid groups (broad SMARTS) is 1. The van der Waals surface area contributed by atoms with Gasteiger partial charge in [-0.3, -0.25) is 4.40 Å². The molecule has 0 radical (unpaired) electrons. The Balaban J connectivity index is 2.16. The number of hydrogen-bond donors (Lipinski definition) is 1. The van der Waals surface area contributed by atoms with Gasteiger partial charge < -0.3 is 5.11 Å². The van der Waals surface area contributed by atoms with Crippen molar-refractivity contribution in [2.45, 2.75) is 20.8 Å². The Kier molecular flexibility index (Phi) is 3.65. The molecule has 0 atom stereocenters. The van der Waals surface area contributed by atoms with Crippen LogP contribution in [0, 0.1) is 20.8 Å². The van der Waals surface area contributed by atoms with Crippen molar-refractivity contribution in [3.8, 4) is 0 Å². The van der Waals surface area contributed by atoms with E-state index >= 15 is 0 Å². The first-order valence-electron chi connectivity index (χ1n) is 7.17. The Morgan fingerprint density at radius 2 is 1.78 bits per heavy atom. The molecule has 0 aliphatic heterocycles. The van der Waals surface area contributed by atoms with Crippen LogP contribution >= 0.6 is 0 Å². The van der Waals surface area contributed by atoms with Crippen molar-refractivity contribution >= 4 is 23.1 Å². The maximum Gasteiger partial charge on any atom is 0.358 e. The average molecular weight is 308 g/mol. The summed E-state index contributed by atoms with van der Waals surface area (Å²) in [7, 11) is 0. The highest BCUT2D eigenvalue weighted by Gasteiger charge is 2.19. The average Bonchev–Trinajstić information content (AvgIpc) is 2.84. The van der Waals surface area contributed by atoms with E-state index in [1.807, 2.05) is 51.1 Å². The molecule has 0 saturated heterocycles. The Hall–Kier alpha value is -3.02. The second-order valence-electron chi connectivity index (χ2n) is 5.50. The molecule has 6 heteroatoms. The third kappa shape index (κ3) is 2.83. The van der Waals surface area contributed by atoms with Gasteiger partial charge in [0, 0.05) is 5.69 Å². The highest BCUT2D eigenvalue weighted by molar-refractivity contribution is 5.91. The van der Waals surface area contributed by atoms with Crippen LogP contribution in [0.15, 0.2) is 46.6 Å². The number of aromatic nitrogens is 2. The Bertz CT molecular complexity index is 921. The van der Waals surface area contributed by atoms with E-state index in [9.17, 15) is 9.90 Å². The summed E-state index contributed by atoms with van der Waals surface area (Å²) in [6, 6.07) is 11.3. The van der Waals surface area contributed by atoms with Crippen molar-refractivity contribution in [1.82, 2.24) is 9.38 Å². The van der Waals surface area contributed by atoms with Crippen LogP contribution in [0.5, 0.6) is 0 Å². The first-order chi connectivity index (χ1) is 11.0. The molecule has 3 aromatic rings. The Labute approximate surface area is 133 Å². The van der Waals surface area contributed by atoms with Crippen molar-refractivity contribution < 1.29 is 9.90 Å². The number of nitrogens with zero attached hydrogens (tertiary/aromatic N) is 4. The number of hydrogen-bond acceptors (Lipinski definition) is 4. The zero-order chi connectivity index (χ0) is 16.6. The van der Waals surface area contributed by atoms with Crippen LogP contribution in [-0.2, 0) is 0 Å². The SMILES string of the molecule is Cc1cc(C)cc(N=Nc2c(C(=O)O)nc3cccc(C)n23)c1. The quantitative estimate of drug-likeness (QED) is 0.729. The maximum atomic E-state index is 11.4.